The van der Waals surface area contributed by atoms with E-state index in [1.54, 1.807) is 24.3 Å². The van der Waals surface area contributed by atoms with Gasteiger partial charge >= 0.3 is 0 Å². The van der Waals surface area contributed by atoms with E-state index in [1.165, 1.54) is 6.92 Å². The summed E-state index contributed by atoms with van der Waals surface area (Å²) in [7, 11) is 0. The molecule has 0 radical (unpaired) electrons. The zero-order chi connectivity index (χ0) is 18.5. The van der Waals surface area contributed by atoms with Crippen LogP contribution in [0.3, 0.4) is 0 Å². The summed E-state index contributed by atoms with van der Waals surface area (Å²) in [6.45, 7) is 2.08. The Hall–Kier alpha value is -2.86. The molecule has 2 N–H and O–H groups in total. The number of para-hydroxylation sites is 2. The van der Waals surface area contributed by atoms with E-state index in [1.807, 2.05) is 28.8 Å². The molecular formula is C19H19ClN4O2. The number of halogens is 1. The van der Waals surface area contributed by atoms with Crippen molar-refractivity contribution in [3.05, 3.63) is 59.4 Å². The normalized spacial score (nSPS) is 10.7. The third-order valence-corrected chi connectivity index (χ3v) is 4.14. The average Bonchev–Trinajstić information content (AvgIpc) is 2.94. The number of carbonyl (C=O) groups is 2. The van der Waals surface area contributed by atoms with E-state index in [-0.39, 0.29) is 18.4 Å². The highest BCUT2D eigenvalue weighted by atomic mass is 35.5. The fraction of sp³-hybridized carbons (Fsp3) is 0.211. The van der Waals surface area contributed by atoms with Gasteiger partial charge in [-0.2, -0.15) is 0 Å². The summed E-state index contributed by atoms with van der Waals surface area (Å²) in [5.41, 5.74) is 2.39. The van der Waals surface area contributed by atoms with E-state index in [9.17, 15) is 9.59 Å². The van der Waals surface area contributed by atoms with Crippen LogP contribution in [0.4, 0.5) is 5.69 Å². The molecule has 1 heterocycles. The number of carbonyl (C=O) groups excluding carboxylic acids is 2. The van der Waals surface area contributed by atoms with E-state index < -0.39 is 0 Å². The fourth-order valence-electron chi connectivity index (χ4n) is 2.72. The minimum atomic E-state index is -0.156. The number of nitrogens with zero attached hydrogens (tertiary/aromatic N) is 2. The maximum absolute atomic E-state index is 12.5. The maximum Gasteiger partial charge on any atom is 0.244 e. The van der Waals surface area contributed by atoms with Gasteiger partial charge in [0.2, 0.25) is 11.8 Å². The topological polar surface area (TPSA) is 76.0 Å². The second-order valence-corrected chi connectivity index (χ2v) is 6.33. The molecule has 0 aliphatic heterocycles. The van der Waals surface area contributed by atoms with Gasteiger partial charge in [-0.15, -0.1) is 0 Å². The first kappa shape index (κ1) is 17.9. The number of benzene rings is 2. The van der Waals surface area contributed by atoms with Crippen LogP contribution < -0.4 is 10.6 Å². The number of fused-ring (bicyclic) bond motifs is 1. The zero-order valence-corrected chi connectivity index (χ0v) is 15.1. The average molecular weight is 371 g/mol. The van der Waals surface area contributed by atoms with E-state index in [4.69, 9.17) is 11.6 Å². The maximum atomic E-state index is 12.5. The molecular weight excluding hydrogens is 352 g/mol. The Bertz CT molecular complexity index is 934. The van der Waals surface area contributed by atoms with Gasteiger partial charge < -0.3 is 15.2 Å². The van der Waals surface area contributed by atoms with Crippen LogP contribution in [0, 0.1) is 0 Å². The van der Waals surface area contributed by atoms with Gasteiger partial charge in [0.15, 0.2) is 0 Å². The number of amides is 2. The molecule has 26 heavy (non-hydrogen) atoms. The highest BCUT2D eigenvalue weighted by molar-refractivity contribution is 6.30. The molecule has 2 aromatic carbocycles. The third-order valence-electron chi connectivity index (χ3n) is 3.89. The molecule has 3 rings (SSSR count). The molecule has 1 aromatic heterocycles. The minimum Gasteiger partial charge on any atom is -0.356 e. The van der Waals surface area contributed by atoms with Gasteiger partial charge in [-0.3, -0.25) is 9.59 Å². The fourth-order valence-corrected chi connectivity index (χ4v) is 2.85. The predicted molar refractivity (Wildman–Crippen MR) is 102 cm³/mol. The molecule has 7 heteroatoms. The molecule has 0 spiro atoms. The summed E-state index contributed by atoms with van der Waals surface area (Å²) in [6, 6.07) is 14.6. The van der Waals surface area contributed by atoms with Gasteiger partial charge in [0.25, 0.3) is 0 Å². The van der Waals surface area contributed by atoms with Crippen molar-refractivity contribution in [2.24, 2.45) is 0 Å². The summed E-state index contributed by atoms with van der Waals surface area (Å²) >= 11 is 5.87. The number of aromatic nitrogens is 2. The van der Waals surface area contributed by atoms with Gasteiger partial charge in [-0.1, -0.05) is 23.7 Å². The van der Waals surface area contributed by atoms with Crippen molar-refractivity contribution in [2.75, 3.05) is 11.9 Å². The molecule has 134 valence electrons. The molecule has 6 nitrogen and oxygen atoms in total. The lowest BCUT2D eigenvalue weighted by Crippen LogP contribution is -2.25. The number of rotatable bonds is 6. The third kappa shape index (κ3) is 4.40. The number of anilines is 1. The van der Waals surface area contributed by atoms with Crippen LogP contribution in [-0.4, -0.2) is 27.9 Å². The van der Waals surface area contributed by atoms with Gasteiger partial charge in [0.1, 0.15) is 12.4 Å². The quantitative estimate of drug-likeness (QED) is 0.700. The Labute approximate surface area is 156 Å². The number of hydrogen-bond acceptors (Lipinski definition) is 3. The minimum absolute atomic E-state index is 0.0897. The molecule has 0 atom stereocenters. The molecule has 0 unspecified atom stereocenters. The lowest BCUT2D eigenvalue weighted by Gasteiger charge is -2.10. The lowest BCUT2D eigenvalue weighted by molar-refractivity contribution is -0.119. The van der Waals surface area contributed by atoms with Crippen molar-refractivity contribution < 1.29 is 9.59 Å². The van der Waals surface area contributed by atoms with E-state index >= 15 is 0 Å². The Balaban J connectivity index is 1.79. The second kappa shape index (κ2) is 8.01. The SMILES string of the molecule is CC(=O)NCCc1nc2ccccc2n1CC(=O)Nc1ccc(Cl)cc1. The van der Waals surface area contributed by atoms with Crippen LogP contribution in [0.2, 0.25) is 5.02 Å². The summed E-state index contributed by atoms with van der Waals surface area (Å²) in [4.78, 5) is 28.2. The molecule has 0 saturated heterocycles. The highest BCUT2D eigenvalue weighted by Crippen LogP contribution is 2.17. The van der Waals surface area contributed by atoms with Crippen LogP contribution in [0.1, 0.15) is 12.7 Å². The number of imidazole rings is 1. The molecule has 0 aliphatic carbocycles. The van der Waals surface area contributed by atoms with Gasteiger partial charge in [0.05, 0.1) is 11.0 Å². The van der Waals surface area contributed by atoms with Crippen LogP contribution in [0.5, 0.6) is 0 Å². The van der Waals surface area contributed by atoms with E-state index in [2.05, 4.69) is 15.6 Å². The smallest absolute Gasteiger partial charge is 0.244 e. The lowest BCUT2D eigenvalue weighted by atomic mass is 10.3. The van der Waals surface area contributed by atoms with Gasteiger partial charge in [-0.05, 0) is 36.4 Å². The predicted octanol–water partition coefficient (Wildman–Crippen LogP) is 3.01. The van der Waals surface area contributed by atoms with Gasteiger partial charge in [0, 0.05) is 30.6 Å². The summed E-state index contributed by atoms with van der Waals surface area (Å²) in [5, 5.41) is 6.23. The second-order valence-electron chi connectivity index (χ2n) is 5.89. The number of hydrogen-bond donors (Lipinski definition) is 2. The Morgan fingerprint density at radius 2 is 1.85 bits per heavy atom. The van der Waals surface area contributed by atoms with E-state index in [0.29, 0.717) is 23.7 Å². The molecule has 0 fully saturated rings. The van der Waals surface area contributed by atoms with Crippen LogP contribution >= 0.6 is 11.6 Å². The first-order chi connectivity index (χ1) is 12.5. The van der Waals surface area contributed by atoms with Crippen molar-refractivity contribution in [1.82, 2.24) is 14.9 Å². The van der Waals surface area contributed by atoms with E-state index in [0.717, 1.165) is 16.9 Å². The summed E-state index contributed by atoms with van der Waals surface area (Å²) < 4.78 is 1.88. The molecule has 3 aromatic rings. The molecule has 0 saturated carbocycles. The Kier molecular flexibility index (Phi) is 5.53. The first-order valence-corrected chi connectivity index (χ1v) is 8.65. The molecule has 0 aliphatic rings. The first-order valence-electron chi connectivity index (χ1n) is 8.27. The highest BCUT2D eigenvalue weighted by Gasteiger charge is 2.13. The van der Waals surface area contributed by atoms with Crippen molar-refractivity contribution in [3.63, 3.8) is 0 Å². The van der Waals surface area contributed by atoms with Crippen molar-refractivity contribution in [1.29, 1.82) is 0 Å². The van der Waals surface area contributed by atoms with Crippen LogP contribution in [0.25, 0.3) is 11.0 Å². The summed E-state index contributed by atoms with van der Waals surface area (Å²) in [5.74, 6) is 0.510. The standard InChI is InChI=1S/C19H19ClN4O2/c1-13(25)21-11-10-18-23-16-4-2-3-5-17(16)24(18)12-19(26)22-15-8-6-14(20)7-9-15/h2-9H,10-12H2,1H3,(H,21,25)(H,22,26). The van der Waals surface area contributed by atoms with Crippen LogP contribution in [0.15, 0.2) is 48.5 Å². The zero-order valence-electron chi connectivity index (χ0n) is 14.3. The monoisotopic (exact) mass is 370 g/mol. The molecule has 0 bridgehead atoms. The van der Waals surface area contributed by atoms with Crippen molar-refractivity contribution in [3.8, 4) is 0 Å². The summed E-state index contributed by atoms with van der Waals surface area (Å²) in [6.07, 6.45) is 0.544. The molecule has 2 amide bonds. The number of nitrogens with one attached hydrogen (secondary N) is 2. The largest absolute Gasteiger partial charge is 0.356 e. The van der Waals surface area contributed by atoms with Crippen LogP contribution in [-0.2, 0) is 22.6 Å². The van der Waals surface area contributed by atoms with Crippen molar-refractivity contribution >= 4 is 40.1 Å². The Morgan fingerprint density at radius 3 is 2.58 bits per heavy atom. The van der Waals surface area contributed by atoms with Gasteiger partial charge in [-0.25, -0.2) is 4.98 Å². The van der Waals surface area contributed by atoms with Crippen molar-refractivity contribution in [2.45, 2.75) is 19.9 Å². The Morgan fingerprint density at radius 1 is 1.12 bits per heavy atom.